The van der Waals surface area contributed by atoms with Crippen molar-refractivity contribution in [3.05, 3.63) is 0 Å². The first-order valence-electron chi connectivity index (χ1n) is 7.78. The van der Waals surface area contributed by atoms with E-state index in [9.17, 15) is 9.59 Å². The van der Waals surface area contributed by atoms with Crippen molar-refractivity contribution in [2.45, 2.75) is 79.9 Å². The molecule has 0 unspecified atom stereocenters. The molecular formula is C17H33NO3. The van der Waals surface area contributed by atoms with Gasteiger partial charge in [0.05, 0.1) is 5.60 Å². The number of hydrogen-bond acceptors (Lipinski definition) is 3. The van der Waals surface area contributed by atoms with Gasteiger partial charge in [-0.25, -0.2) is 0 Å². The maximum absolute atomic E-state index is 12.2. The standard InChI is InChI=1S/C17H33NO3/c1-12(2)9-13(10-14(19)16(3,4)5)18-15(20)11-21-17(6,7)8/h12-13H,9-11H2,1-8H3,(H,18,20)/t13-/m1/s1. The van der Waals surface area contributed by atoms with Gasteiger partial charge in [-0.2, -0.15) is 0 Å². The number of amides is 1. The molecule has 0 rings (SSSR count). The lowest BCUT2D eigenvalue weighted by Gasteiger charge is -2.25. The SMILES string of the molecule is CC(C)C[C@H](CC(=O)C(C)(C)C)NC(=O)COC(C)(C)C. The fraction of sp³-hybridized carbons (Fsp3) is 0.882. The van der Waals surface area contributed by atoms with Crippen LogP contribution in [0.2, 0.25) is 0 Å². The molecule has 0 bridgehead atoms. The lowest BCUT2D eigenvalue weighted by molar-refractivity contribution is -0.132. The van der Waals surface area contributed by atoms with Crippen LogP contribution in [0.3, 0.4) is 0 Å². The maximum atomic E-state index is 12.2. The number of rotatable bonds is 7. The minimum atomic E-state index is -0.373. The van der Waals surface area contributed by atoms with Crippen LogP contribution in [-0.2, 0) is 14.3 Å². The second-order valence-corrected chi connectivity index (χ2v) is 8.17. The summed E-state index contributed by atoms with van der Waals surface area (Å²) in [6, 6.07) is -0.118. The molecule has 21 heavy (non-hydrogen) atoms. The summed E-state index contributed by atoms with van der Waals surface area (Å²) in [6.07, 6.45) is 1.17. The van der Waals surface area contributed by atoms with Crippen molar-refractivity contribution in [3.63, 3.8) is 0 Å². The number of ketones is 1. The van der Waals surface area contributed by atoms with E-state index in [2.05, 4.69) is 19.2 Å². The molecule has 0 heterocycles. The Labute approximate surface area is 130 Å². The number of ether oxygens (including phenoxy) is 1. The Morgan fingerprint density at radius 1 is 1.05 bits per heavy atom. The lowest BCUT2D eigenvalue weighted by atomic mass is 9.85. The molecule has 0 spiro atoms. The molecule has 4 nitrogen and oxygen atoms in total. The van der Waals surface area contributed by atoms with E-state index < -0.39 is 0 Å². The lowest BCUT2D eigenvalue weighted by Crippen LogP contribution is -2.42. The van der Waals surface area contributed by atoms with E-state index in [1.165, 1.54) is 0 Å². The maximum Gasteiger partial charge on any atom is 0.246 e. The van der Waals surface area contributed by atoms with Crippen LogP contribution >= 0.6 is 0 Å². The summed E-state index contributed by atoms with van der Waals surface area (Å²) in [5.74, 6) is 0.439. The second-order valence-electron chi connectivity index (χ2n) is 8.17. The molecule has 0 aromatic rings. The van der Waals surface area contributed by atoms with Crippen molar-refractivity contribution in [3.8, 4) is 0 Å². The number of carbonyl (C=O) groups is 2. The highest BCUT2D eigenvalue weighted by Crippen LogP contribution is 2.20. The van der Waals surface area contributed by atoms with Crippen LogP contribution in [0.25, 0.3) is 0 Å². The van der Waals surface area contributed by atoms with Crippen LogP contribution < -0.4 is 5.32 Å². The summed E-state index contributed by atoms with van der Waals surface area (Å²) >= 11 is 0. The first-order chi connectivity index (χ1) is 9.31. The molecule has 1 atom stereocenters. The highest BCUT2D eigenvalue weighted by atomic mass is 16.5. The molecule has 124 valence electrons. The number of carbonyl (C=O) groups excluding carboxylic acids is 2. The number of nitrogens with one attached hydrogen (secondary N) is 1. The van der Waals surface area contributed by atoms with E-state index in [-0.39, 0.29) is 35.4 Å². The van der Waals surface area contributed by atoms with E-state index in [1.54, 1.807) is 0 Å². The molecule has 0 aromatic carbocycles. The molecule has 0 aromatic heterocycles. The zero-order valence-corrected chi connectivity index (χ0v) is 15.0. The summed E-state index contributed by atoms with van der Waals surface area (Å²) in [6.45, 7) is 15.7. The zero-order valence-electron chi connectivity index (χ0n) is 15.0. The Bertz CT molecular complexity index is 348. The third kappa shape index (κ3) is 10.5. The predicted octanol–water partition coefficient (Wildman–Crippen LogP) is 3.34. The van der Waals surface area contributed by atoms with Crippen LogP contribution in [0, 0.1) is 11.3 Å². The van der Waals surface area contributed by atoms with E-state index >= 15 is 0 Å². The van der Waals surface area contributed by atoms with Crippen LogP contribution in [0.5, 0.6) is 0 Å². The van der Waals surface area contributed by atoms with Gasteiger partial charge < -0.3 is 10.1 Å². The highest BCUT2D eigenvalue weighted by Gasteiger charge is 2.26. The average Bonchev–Trinajstić information content (AvgIpc) is 2.23. The van der Waals surface area contributed by atoms with Gasteiger partial charge in [0.1, 0.15) is 12.4 Å². The van der Waals surface area contributed by atoms with Crippen molar-refractivity contribution in [2.75, 3.05) is 6.61 Å². The molecule has 0 aliphatic rings. The topological polar surface area (TPSA) is 55.4 Å². The van der Waals surface area contributed by atoms with Gasteiger partial charge in [0, 0.05) is 17.9 Å². The van der Waals surface area contributed by atoms with Gasteiger partial charge in [-0.05, 0) is 33.1 Å². The monoisotopic (exact) mass is 299 g/mol. The van der Waals surface area contributed by atoms with Crippen LogP contribution in [-0.4, -0.2) is 29.9 Å². The Balaban J connectivity index is 4.56. The van der Waals surface area contributed by atoms with Crippen LogP contribution in [0.15, 0.2) is 0 Å². The third-order valence-electron chi connectivity index (χ3n) is 3.03. The van der Waals surface area contributed by atoms with Gasteiger partial charge in [0.2, 0.25) is 5.91 Å². The normalized spacial score (nSPS) is 14.1. The Morgan fingerprint density at radius 3 is 1.95 bits per heavy atom. The Morgan fingerprint density at radius 2 is 1.57 bits per heavy atom. The first-order valence-corrected chi connectivity index (χ1v) is 7.78. The summed E-state index contributed by atoms with van der Waals surface area (Å²) < 4.78 is 5.47. The largest absolute Gasteiger partial charge is 0.366 e. The van der Waals surface area contributed by atoms with Crippen molar-refractivity contribution < 1.29 is 14.3 Å². The van der Waals surface area contributed by atoms with Crippen LogP contribution in [0.4, 0.5) is 0 Å². The van der Waals surface area contributed by atoms with Gasteiger partial charge in [-0.3, -0.25) is 9.59 Å². The molecule has 1 N–H and O–H groups in total. The van der Waals surface area contributed by atoms with Gasteiger partial charge in [-0.15, -0.1) is 0 Å². The third-order valence-corrected chi connectivity index (χ3v) is 3.03. The predicted molar refractivity (Wildman–Crippen MR) is 86.2 cm³/mol. The van der Waals surface area contributed by atoms with E-state index in [0.717, 1.165) is 6.42 Å². The highest BCUT2D eigenvalue weighted by molar-refractivity contribution is 5.85. The number of hydrogen-bond donors (Lipinski definition) is 1. The van der Waals surface area contributed by atoms with Crippen molar-refractivity contribution >= 4 is 11.7 Å². The fourth-order valence-electron chi connectivity index (χ4n) is 1.84. The Kier molecular flexibility index (Phi) is 7.58. The van der Waals surface area contributed by atoms with Crippen molar-refractivity contribution in [1.82, 2.24) is 5.32 Å². The van der Waals surface area contributed by atoms with Crippen LogP contribution in [0.1, 0.15) is 68.2 Å². The molecule has 1 amide bonds. The van der Waals surface area contributed by atoms with E-state index in [0.29, 0.717) is 12.3 Å². The summed E-state index contributed by atoms with van der Waals surface area (Å²) in [4.78, 5) is 24.1. The van der Waals surface area contributed by atoms with Gasteiger partial charge >= 0.3 is 0 Å². The second kappa shape index (κ2) is 7.92. The average molecular weight is 299 g/mol. The molecule has 4 heteroatoms. The molecule has 0 radical (unpaired) electrons. The molecular weight excluding hydrogens is 266 g/mol. The molecule has 0 aliphatic heterocycles. The van der Waals surface area contributed by atoms with Gasteiger partial charge in [-0.1, -0.05) is 34.6 Å². The summed E-state index contributed by atoms with van der Waals surface area (Å²) in [5, 5.41) is 2.94. The molecule has 0 fully saturated rings. The zero-order chi connectivity index (χ0) is 16.8. The van der Waals surface area contributed by atoms with E-state index in [1.807, 2.05) is 41.5 Å². The number of Topliss-reactive ketones (excluding diaryl/α,β-unsaturated/α-hetero) is 1. The quantitative estimate of drug-likeness (QED) is 0.784. The molecule has 0 saturated heterocycles. The molecule has 0 aliphatic carbocycles. The van der Waals surface area contributed by atoms with Gasteiger partial charge in [0.25, 0.3) is 0 Å². The fourth-order valence-corrected chi connectivity index (χ4v) is 1.84. The van der Waals surface area contributed by atoms with Crippen molar-refractivity contribution in [2.24, 2.45) is 11.3 Å². The van der Waals surface area contributed by atoms with Gasteiger partial charge in [0.15, 0.2) is 0 Å². The first kappa shape index (κ1) is 20.1. The van der Waals surface area contributed by atoms with Crippen molar-refractivity contribution in [1.29, 1.82) is 0 Å². The summed E-state index contributed by atoms with van der Waals surface area (Å²) in [7, 11) is 0. The summed E-state index contributed by atoms with van der Waals surface area (Å²) in [5.41, 5.74) is -0.714. The molecule has 0 saturated carbocycles. The minimum absolute atomic E-state index is 0.0296. The minimum Gasteiger partial charge on any atom is -0.366 e. The smallest absolute Gasteiger partial charge is 0.246 e. The Hall–Kier alpha value is -0.900. The van der Waals surface area contributed by atoms with E-state index in [4.69, 9.17) is 4.74 Å².